The van der Waals surface area contributed by atoms with Gasteiger partial charge in [0.05, 0.1) is 0 Å². The summed E-state index contributed by atoms with van der Waals surface area (Å²) in [6.07, 6.45) is 6.14. The molecule has 0 amide bonds. The van der Waals surface area contributed by atoms with Crippen molar-refractivity contribution in [2.45, 2.75) is 38.0 Å². The summed E-state index contributed by atoms with van der Waals surface area (Å²) in [5.41, 5.74) is 7.77. The molecule has 2 aromatic rings. The lowest BCUT2D eigenvalue weighted by atomic mass is 10.0. The van der Waals surface area contributed by atoms with Gasteiger partial charge < -0.3 is 5.73 Å². The molecule has 0 saturated heterocycles. The van der Waals surface area contributed by atoms with Crippen LogP contribution in [0.1, 0.15) is 26.7 Å². The second-order valence-electron chi connectivity index (χ2n) is 4.65. The Kier molecular flexibility index (Phi) is 4.40. The second-order valence-corrected chi connectivity index (χ2v) is 6.84. The van der Waals surface area contributed by atoms with E-state index < -0.39 is 0 Å². The number of thioether (sulfide) groups is 1. The van der Waals surface area contributed by atoms with E-state index >= 15 is 0 Å². The first-order chi connectivity index (χ1) is 9.05. The van der Waals surface area contributed by atoms with Gasteiger partial charge in [0.2, 0.25) is 5.95 Å². The average molecular weight is 343 g/mol. The molecule has 0 aliphatic carbocycles. The van der Waals surface area contributed by atoms with E-state index in [1.807, 2.05) is 22.4 Å². The molecule has 0 aromatic carbocycles. The van der Waals surface area contributed by atoms with Gasteiger partial charge in [0, 0.05) is 22.0 Å². The first-order valence-corrected chi connectivity index (χ1v) is 8.39. The van der Waals surface area contributed by atoms with Gasteiger partial charge in [-0.25, -0.2) is 9.97 Å². The van der Waals surface area contributed by atoms with Crippen LogP contribution >= 0.6 is 27.7 Å². The fourth-order valence-electron chi connectivity index (χ4n) is 2.27. The van der Waals surface area contributed by atoms with Crippen LogP contribution in [0, 0.1) is 0 Å². The first kappa shape index (κ1) is 14.7. The maximum atomic E-state index is 6.06. The molecular formula is C13H19BrN4S. The Bertz CT molecular complexity index is 569. The molecule has 4 nitrogen and oxygen atoms in total. The van der Waals surface area contributed by atoms with E-state index in [1.54, 1.807) is 6.20 Å². The Morgan fingerprint density at radius 1 is 1.42 bits per heavy atom. The maximum Gasteiger partial charge on any atom is 0.202 e. The number of nitrogens with zero attached hydrogens (tertiary/aromatic N) is 3. The highest BCUT2D eigenvalue weighted by atomic mass is 79.9. The molecular weight excluding hydrogens is 324 g/mol. The fourth-order valence-corrected chi connectivity index (χ4v) is 3.43. The van der Waals surface area contributed by atoms with Gasteiger partial charge >= 0.3 is 0 Å². The zero-order valence-electron chi connectivity index (χ0n) is 11.5. The van der Waals surface area contributed by atoms with Gasteiger partial charge in [-0.05, 0) is 41.1 Å². The molecule has 0 bridgehead atoms. The lowest BCUT2D eigenvalue weighted by Gasteiger charge is -2.30. The van der Waals surface area contributed by atoms with E-state index in [0.717, 1.165) is 35.0 Å². The number of imidazole rings is 1. The van der Waals surface area contributed by atoms with Crippen molar-refractivity contribution in [2.75, 3.05) is 12.0 Å². The number of rotatable bonds is 5. The van der Waals surface area contributed by atoms with Crippen molar-refractivity contribution in [3.05, 3.63) is 16.7 Å². The van der Waals surface area contributed by atoms with Crippen molar-refractivity contribution < 1.29 is 0 Å². The monoisotopic (exact) mass is 342 g/mol. The Hall–Kier alpha value is -0.750. The van der Waals surface area contributed by atoms with Crippen molar-refractivity contribution in [3.8, 4) is 0 Å². The summed E-state index contributed by atoms with van der Waals surface area (Å²) in [5, 5.41) is 0. The third-order valence-electron chi connectivity index (χ3n) is 3.75. The summed E-state index contributed by atoms with van der Waals surface area (Å²) in [6.45, 7) is 5.29. The maximum absolute atomic E-state index is 6.06. The van der Waals surface area contributed by atoms with Gasteiger partial charge in [-0.3, -0.25) is 4.57 Å². The molecule has 0 fully saturated rings. The van der Waals surface area contributed by atoms with Crippen LogP contribution in [0.2, 0.25) is 0 Å². The van der Waals surface area contributed by atoms with Gasteiger partial charge in [0.25, 0.3) is 0 Å². The number of pyridine rings is 1. The molecule has 0 saturated carbocycles. The number of fused-ring (bicyclic) bond motifs is 1. The van der Waals surface area contributed by atoms with Crippen LogP contribution in [0.15, 0.2) is 16.7 Å². The number of nitrogens with two attached hydrogens (primary N) is 1. The highest BCUT2D eigenvalue weighted by molar-refractivity contribution is 9.10. The average Bonchev–Trinajstić information content (AvgIpc) is 2.71. The molecule has 2 aromatic heterocycles. The van der Waals surface area contributed by atoms with Crippen LogP contribution in [0.25, 0.3) is 11.2 Å². The lowest BCUT2D eigenvalue weighted by molar-refractivity contribution is 0.475. The smallest absolute Gasteiger partial charge is 0.202 e. The SMILES string of the molecule is CCC(CC)(Cn1c(N)nc2cc(Br)cnc21)SC. The third-order valence-corrected chi connectivity index (χ3v) is 5.76. The number of halogens is 1. The topological polar surface area (TPSA) is 56.7 Å². The standard InChI is InChI=1S/C13H19BrN4S/c1-4-13(5-2,19-3)8-18-11-10(17-12(18)15)6-9(14)7-16-11/h6-7H,4-5,8H2,1-3H3,(H2,15,17). The number of anilines is 1. The van der Waals surface area contributed by atoms with Crippen LogP contribution < -0.4 is 5.73 Å². The zero-order valence-corrected chi connectivity index (χ0v) is 13.9. The van der Waals surface area contributed by atoms with E-state index in [9.17, 15) is 0 Å². The van der Waals surface area contributed by atoms with E-state index in [0.29, 0.717) is 5.95 Å². The largest absolute Gasteiger partial charge is 0.369 e. The lowest BCUT2D eigenvalue weighted by Crippen LogP contribution is -2.29. The number of nitrogen functional groups attached to an aromatic ring is 1. The summed E-state index contributed by atoms with van der Waals surface area (Å²) in [7, 11) is 0. The van der Waals surface area contributed by atoms with Crippen molar-refractivity contribution in [1.82, 2.24) is 14.5 Å². The molecule has 2 N–H and O–H groups in total. The minimum atomic E-state index is 0.191. The quantitative estimate of drug-likeness (QED) is 0.899. The molecule has 2 heterocycles. The van der Waals surface area contributed by atoms with Crippen molar-refractivity contribution >= 4 is 44.8 Å². The normalized spacial score (nSPS) is 12.2. The van der Waals surface area contributed by atoms with Crippen LogP contribution in [0.4, 0.5) is 5.95 Å². The molecule has 0 atom stereocenters. The Morgan fingerprint density at radius 3 is 2.68 bits per heavy atom. The van der Waals surface area contributed by atoms with Crippen LogP contribution in [-0.4, -0.2) is 25.5 Å². The van der Waals surface area contributed by atoms with Gasteiger partial charge in [0.15, 0.2) is 5.65 Å². The van der Waals surface area contributed by atoms with E-state index in [-0.39, 0.29) is 4.75 Å². The second kappa shape index (κ2) is 5.71. The molecule has 2 rings (SSSR count). The van der Waals surface area contributed by atoms with Gasteiger partial charge in [-0.2, -0.15) is 11.8 Å². The molecule has 6 heteroatoms. The highest BCUT2D eigenvalue weighted by Gasteiger charge is 2.27. The third kappa shape index (κ3) is 2.74. The molecule has 0 radical (unpaired) electrons. The first-order valence-electron chi connectivity index (χ1n) is 6.37. The zero-order chi connectivity index (χ0) is 14.0. The summed E-state index contributed by atoms with van der Waals surface area (Å²) in [5.74, 6) is 0.543. The summed E-state index contributed by atoms with van der Waals surface area (Å²) >= 11 is 5.31. The highest BCUT2D eigenvalue weighted by Crippen LogP contribution is 2.34. The van der Waals surface area contributed by atoms with Gasteiger partial charge in [-0.15, -0.1) is 0 Å². The predicted octanol–water partition coefficient (Wildman–Crippen LogP) is 3.70. The van der Waals surface area contributed by atoms with Crippen molar-refractivity contribution in [3.63, 3.8) is 0 Å². The van der Waals surface area contributed by atoms with Crippen LogP contribution in [0.3, 0.4) is 0 Å². The summed E-state index contributed by atoms with van der Waals surface area (Å²) in [6, 6.07) is 1.95. The summed E-state index contributed by atoms with van der Waals surface area (Å²) in [4.78, 5) is 8.85. The number of hydrogen-bond donors (Lipinski definition) is 1. The van der Waals surface area contributed by atoms with Crippen LogP contribution in [0.5, 0.6) is 0 Å². The van der Waals surface area contributed by atoms with Crippen molar-refractivity contribution in [2.24, 2.45) is 0 Å². The van der Waals surface area contributed by atoms with Crippen molar-refractivity contribution in [1.29, 1.82) is 0 Å². The minimum absolute atomic E-state index is 0.191. The van der Waals surface area contributed by atoms with Gasteiger partial charge in [-0.1, -0.05) is 13.8 Å². The summed E-state index contributed by atoms with van der Waals surface area (Å²) < 4.78 is 3.15. The molecule has 0 unspecified atom stereocenters. The Balaban J connectivity index is 2.47. The van der Waals surface area contributed by atoms with Crippen LogP contribution in [-0.2, 0) is 6.54 Å². The Morgan fingerprint density at radius 2 is 2.11 bits per heavy atom. The molecule has 104 valence electrons. The predicted molar refractivity (Wildman–Crippen MR) is 86.5 cm³/mol. The van der Waals surface area contributed by atoms with E-state index in [4.69, 9.17) is 5.73 Å². The molecule has 0 spiro atoms. The Labute approximate surface area is 126 Å². The molecule has 19 heavy (non-hydrogen) atoms. The number of hydrogen-bond acceptors (Lipinski definition) is 4. The van der Waals surface area contributed by atoms with E-state index in [2.05, 4.69) is 46.0 Å². The minimum Gasteiger partial charge on any atom is -0.369 e. The van der Waals surface area contributed by atoms with E-state index in [1.165, 1.54) is 0 Å². The number of aromatic nitrogens is 3. The fraction of sp³-hybridized carbons (Fsp3) is 0.538. The molecule has 0 aliphatic heterocycles. The van der Waals surface area contributed by atoms with Gasteiger partial charge in [0.1, 0.15) is 5.52 Å². The molecule has 0 aliphatic rings.